The van der Waals surface area contributed by atoms with Gasteiger partial charge in [0.2, 0.25) is 0 Å². The highest BCUT2D eigenvalue weighted by Gasteiger charge is 2.15. The van der Waals surface area contributed by atoms with Gasteiger partial charge in [0.15, 0.2) is 11.2 Å². The number of nitrogens with zero attached hydrogens (tertiary/aromatic N) is 3. The first-order valence-electron chi connectivity index (χ1n) is 6.87. The molecule has 0 aliphatic carbocycles. The normalized spacial score (nSPS) is 13.2. The molecule has 0 spiro atoms. The molecule has 0 aliphatic heterocycles. The van der Waals surface area contributed by atoms with Gasteiger partial charge in [0.1, 0.15) is 0 Å². The molecule has 0 amide bonds. The van der Waals surface area contributed by atoms with Crippen molar-refractivity contribution in [3.63, 3.8) is 0 Å². The molecule has 1 atom stereocenters. The molecule has 2 aromatic heterocycles. The lowest BCUT2D eigenvalue weighted by Gasteiger charge is -2.11. The van der Waals surface area contributed by atoms with Crippen LogP contribution in [-0.2, 0) is 13.1 Å². The molecule has 7 nitrogen and oxygen atoms in total. The van der Waals surface area contributed by atoms with Crippen LogP contribution in [0.15, 0.2) is 15.9 Å². The monoisotopic (exact) mass is 279 g/mol. The molecule has 110 valence electrons. The molecule has 2 rings (SSSR count). The van der Waals surface area contributed by atoms with E-state index in [0.29, 0.717) is 24.3 Å². The summed E-state index contributed by atoms with van der Waals surface area (Å²) in [5, 5.41) is 0. The minimum absolute atomic E-state index is 0.0442. The summed E-state index contributed by atoms with van der Waals surface area (Å²) in [7, 11) is 0. The summed E-state index contributed by atoms with van der Waals surface area (Å²) in [5.74, 6) is 0.282. The van der Waals surface area contributed by atoms with Gasteiger partial charge in [-0.2, -0.15) is 0 Å². The van der Waals surface area contributed by atoms with Crippen LogP contribution in [-0.4, -0.2) is 25.1 Å². The lowest BCUT2D eigenvalue weighted by Crippen LogP contribution is -2.33. The fraction of sp³-hybridized carbons (Fsp3) is 0.615. The summed E-state index contributed by atoms with van der Waals surface area (Å²) in [6.07, 6.45) is 2.38. The third kappa shape index (κ3) is 2.67. The quantitative estimate of drug-likeness (QED) is 0.821. The Hall–Kier alpha value is -1.89. The van der Waals surface area contributed by atoms with E-state index in [2.05, 4.69) is 9.97 Å². The number of rotatable bonds is 5. The van der Waals surface area contributed by atoms with Crippen molar-refractivity contribution in [3.05, 3.63) is 27.2 Å². The van der Waals surface area contributed by atoms with Crippen molar-refractivity contribution >= 4 is 11.2 Å². The number of H-pyrrole nitrogens is 1. The second-order valence-electron chi connectivity index (χ2n) is 5.50. The molecule has 0 saturated heterocycles. The average Bonchev–Trinajstić information content (AvgIpc) is 2.78. The largest absolute Gasteiger partial charge is 0.330 e. The van der Waals surface area contributed by atoms with E-state index in [1.54, 1.807) is 10.9 Å². The summed E-state index contributed by atoms with van der Waals surface area (Å²) >= 11 is 0. The molecule has 20 heavy (non-hydrogen) atoms. The molecule has 1 unspecified atom stereocenters. The lowest BCUT2D eigenvalue weighted by atomic mass is 10.2. The maximum absolute atomic E-state index is 12.0. The van der Waals surface area contributed by atoms with Crippen LogP contribution < -0.4 is 17.0 Å². The summed E-state index contributed by atoms with van der Waals surface area (Å²) in [4.78, 5) is 30.5. The predicted molar refractivity (Wildman–Crippen MR) is 77.7 cm³/mol. The lowest BCUT2D eigenvalue weighted by molar-refractivity contribution is 0.512. The van der Waals surface area contributed by atoms with Crippen molar-refractivity contribution in [1.82, 2.24) is 19.1 Å². The van der Waals surface area contributed by atoms with Crippen molar-refractivity contribution < 1.29 is 0 Å². The molecule has 2 heterocycles. The maximum Gasteiger partial charge on any atom is 0.330 e. The van der Waals surface area contributed by atoms with Gasteiger partial charge in [0.25, 0.3) is 5.56 Å². The van der Waals surface area contributed by atoms with Crippen molar-refractivity contribution in [2.45, 2.75) is 46.3 Å². The first-order chi connectivity index (χ1) is 9.43. The summed E-state index contributed by atoms with van der Waals surface area (Å²) in [6.45, 7) is 7.03. The minimum atomic E-state index is -0.416. The molecule has 2 aromatic rings. The Labute approximate surface area is 116 Å². The number of imidazole rings is 1. The van der Waals surface area contributed by atoms with Crippen LogP contribution in [0.2, 0.25) is 0 Å². The third-order valence-corrected chi connectivity index (χ3v) is 3.26. The van der Waals surface area contributed by atoms with Gasteiger partial charge < -0.3 is 10.3 Å². The third-order valence-electron chi connectivity index (χ3n) is 3.26. The number of nitrogens with one attached hydrogen (secondary N) is 1. The van der Waals surface area contributed by atoms with Gasteiger partial charge in [-0.3, -0.25) is 14.3 Å². The maximum atomic E-state index is 12.0. The topological polar surface area (TPSA) is 98.7 Å². The highest BCUT2D eigenvalue weighted by molar-refractivity contribution is 5.69. The van der Waals surface area contributed by atoms with E-state index in [9.17, 15) is 9.59 Å². The van der Waals surface area contributed by atoms with Crippen LogP contribution in [0.1, 0.15) is 27.2 Å². The molecular weight excluding hydrogens is 258 g/mol. The van der Waals surface area contributed by atoms with E-state index in [0.717, 1.165) is 6.42 Å². The van der Waals surface area contributed by atoms with Crippen molar-refractivity contribution in [2.75, 3.05) is 0 Å². The zero-order chi connectivity index (χ0) is 14.9. The van der Waals surface area contributed by atoms with Gasteiger partial charge in [0.05, 0.1) is 6.33 Å². The smallest absolute Gasteiger partial charge is 0.326 e. The number of nitrogens with two attached hydrogens (primary N) is 1. The minimum Gasteiger partial charge on any atom is -0.326 e. The number of hydrogen-bond acceptors (Lipinski definition) is 4. The van der Waals surface area contributed by atoms with Crippen molar-refractivity contribution in [2.24, 2.45) is 11.7 Å². The zero-order valence-corrected chi connectivity index (χ0v) is 12.1. The first-order valence-corrected chi connectivity index (χ1v) is 6.87. The number of aromatic nitrogens is 4. The summed E-state index contributed by atoms with van der Waals surface area (Å²) in [5.41, 5.74) is 5.94. The Balaban J connectivity index is 2.61. The van der Waals surface area contributed by atoms with E-state index < -0.39 is 11.2 Å². The van der Waals surface area contributed by atoms with Crippen molar-refractivity contribution in [1.29, 1.82) is 0 Å². The molecule has 0 aromatic carbocycles. The first kappa shape index (κ1) is 14.5. The van der Waals surface area contributed by atoms with E-state index in [4.69, 9.17) is 5.73 Å². The standard InChI is InChI=1S/C13H21N5O2/c1-4-9(14)6-17-7-15-11-10(17)12(19)16-13(20)18(11)5-8(2)3/h7-9H,4-6,14H2,1-3H3,(H,16,19,20). The van der Waals surface area contributed by atoms with Gasteiger partial charge in [0, 0.05) is 19.1 Å². The predicted octanol–water partition coefficient (Wildman–Crippen LogP) is 0.280. The van der Waals surface area contributed by atoms with E-state index in [-0.39, 0.29) is 12.0 Å². The van der Waals surface area contributed by atoms with Crippen LogP contribution in [0, 0.1) is 5.92 Å². The molecule has 7 heteroatoms. The molecule has 0 aliphatic rings. The fourth-order valence-electron chi connectivity index (χ4n) is 2.18. The second kappa shape index (κ2) is 5.62. The number of hydrogen-bond donors (Lipinski definition) is 2. The Morgan fingerprint density at radius 1 is 1.35 bits per heavy atom. The van der Waals surface area contributed by atoms with Crippen LogP contribution in [0.3, 0.4) is 0 Å². The molecule has 0 fully saturated rings. The van der Waals surface area contributed by atoms with E-state index >= 15 is 0 Å². The van der Waals surface area contributed by atoms with Crippen molar-refractivity contribution in [3.8, 4) is 0 Å². The van der Waals surface area contributed by atoms with Crippen LogP contribution in [0.25, 0.3) is 11.2 Å². The van der Waals surface area contributed by atoms with Gasteiger partial charge in [-0.1, -0.05) is 20.8 Å². The Morgan fingerprint density at radius 2 is 2.05 bits per heavy atom. The summed E-state index contributed by atoms with van der Waals surface area (Å²) in [6, 6.07) is -0.0442. The fourth-order valence-corrected chi connectivity index (χ4v) is 2.18. The second-order valence-corrected chi connectivity index (χ2v) is 5.50. The Bertz CT molecular complexity index is 710. The number of fused-ring (bicyclic) bond motifs is 1. The van der Waals surface area contributed by atoms with Gasteiger partial charge in [-0.05, 0) is 12.3 Å². The molecule has 0 bridgehead atoms. The average molecular weight is 279 g/mol. The highest BCUT2D eigenvalue weighted by Crippen LogP contribution is 2.09. The van der Waals surface area contributed by atoms with Gasteiger partial charge >= 0.3 is 5.69 Å². The summed E-state index contributed by atoms with van der Waals surface area (Å²) < 4.78 is 3.23. The zero-order valence-electron chi connectivity index (χ0n) is 12.1. The Morgan fingerprint density at radius 3 is 2.65 bits per heavy atom. The number of aromatic amines is 1. The van der Waals surface area contributed by atoms with Crippen LogP contribution >= 0.6 is 0 Å². The van der Waals surface area contributed by atoms with E-state index in [1.165, 1.54) is 4.57 Å². The van der Waals surface area contributed by atoms with Gasteiger partial charge in [-0.25, -0.2) is 9.78 Å². The molecular formula is C13H21N5O2. The van der Waals surface area contributed by atoms with E-state index in [1.807, 2.05) is 20.8 Å². The molecule has 3 N–H and O–H groups in total. The highest BCUT2D eigenvalue weighted by atomic mass is 16.2. The van der Waals surface area contributed by atoms with Crippen LogP contribution in [0.4, 0.5) is 0 Å². The van der Waals surface area contributed by atoms with Gasteiger partial charge in [-0.15, -0.1) is 0 Å². The molecule has 0 saturated carbocycles. The SMILES string of the molecule is CCC(N)Cn1cnc2c1c(=O)[nH]c(=O)n2CC(C)C. The molecule has 0 radical (unpaired) electrons. The van der Waals surface area contributed by atoms with Crippen LogP contribution in [0.5, 0.6) is 0 Å². The Kier molecular flexibility index (Phi) is 4.08.